The number of aromatic nitrogens is 2. The third kappa shape index (κ3) is 4.48. The number of anilines is 2. The van der Waals surface area contributed by atoms with Gasteiger partial charge in [-0.15, -0.1) is 11.3 Å². The van der Waals surface area contributed by atoms with Crippen LogP contribution in [0.4, 0.5) is 11.6 Å². The molecule has 4 aromatic rings. The van der Waals surface area contributed by atoms with E-state index in [0.717, 1.165) is 21.0 Å². The number of morpholine rings is 1. The molecule has 0 bridgehead atoms. The Kier molecular flexibility index (Phi) is 5.75. The zero-order valence-corrected chi connectivity index (χ0v) is 20.6. The first-order chi connectivity index (χ1) is 16.2. The molecular weight excluding hydrogens is 472 g/mol. The molecule has 1 fully saturated rings. The van der Waals surface area contributed by atoms with Gasteiger partial charge in [0, 0.05) is 46.7 Å². The van der Waals surface area contributed by atoms with Crippen molar-refractivity contribution in [2.75, 3.05) is 24.7 Å². The third-order valence-electron chi connectivity index (χ3n) is 5.68. The summed E-state index contributed by atoms with van der Waals surface area (Å²) in [7, 11) is -3.33. The zero-order valence-electron chi connectivity index (χ0n) is 19.0. The van der Waals surface area contributed by atoms with Crippen molar-refractivity contribution in [2.45, 2.75) is 31.0 Å². The van der Waals surface area contributed by atoms with Crippen molar-refractivity contribution >= 4 is 59.7 Å². The quantitative estimate of drug-likeness (QED) is 0.451. The van der Waals surface area contributed by atoms with Crippen molar-refractivity contribution in [3.63, 3.8) is 0 Å². The molecule has 176 valence electrons. The predicted molar refractivity (Wildman–Crippen MR) is 134 cm³/mol. The second-order valence-electron chi connectivity index (χ2n) is 8.61. The van der Waals surface area contributed by atoms with E-state index in [1.165, 1.54) is 17.6 Å². The van der Waals surface area contributed by atoms with Gasteiger partial charge < -0.3 is 15.0 Å². The lowest BCUT2D eigenvalue weighted by molar-refractivity contribution is -0.0585. The highest BCUT2D eigenvalue weighted by atomic mass is 32.2. The summed E-state index contributed by atoms with van der Waals surface area (Å²) < 4.78 is 30.5. The molecule has 1 aliphatic heterocycles. The summed E-state index contributed by atoms with van der Waals surface area (Å²) in [4.78, 5) is 25.0. The van der Waals surface area contributed by atoms with E-state index in [1.54, 1.807) is 30.5 Å². The number of benzene rings is 2. The number of nitrogens with zero attached hydrogens (tertiary/aromatic N) is 3. The maximum absolute atomic E-state index is 13.2. The lowest BCUT2D eigenvalue weighted by atomic mass is 10.1. The van der Waals surface area contributed by atoms with Gasteiger partial charge in [-0.2, -0.15) is 0 Å². The molecule has 1 saturated heterocycles. The fourth-order valence-corrected chi connectivity index (χ4v) is 5.91. The smallest absolute Gasteiger partial charge is 0.264 e. The number of amides is 1. The fraction of sp³-hybridized carbons (Fsp3) is 0.292. The van der Waals surface area contributed by atoms with Gasteiger partial charge in [0.15, 0.2) is 9.84 Å². The summed E-state index contributed by atoms with van der Waals surface area (Å²) in [5, 5.41) is 4.83. The van der Waals surface area contributed by atoms with Crippen LogP contribution in [0.2, 0.25) is 0 Å². The molecule has 1 aliphatic rings. The first kappa shape index (κ1) is 22.7. The number of carbonyl (C=O) groups excluding carboxylic acids is 1. The number of hydrogen-bond donors (Lipinski definition) is 1. The topological polar surface area (TPSA) is 101 Å². The van der Waals surface area contributed by atoms with Gasteiger partial charge in [0.25, 0.3) is 5.91 Å². The van der Waals surface area contributed by atoms with Crippen LogP contribution in [-0.2, 0) is 14.6 Å². The molecule has 2 aromatic heterocycles. The van der Waals surface area contributed by atoms with E-state index >= 15 is 0 Å². The highest BCUT2D eigenvalue weighted by Crippen LogP contribution is 2.33. The zero-order chi connectivity index (χ0) is 24.0. The van der Waals surface area contributed by atoms with Crippen molar-refractivity contribution < 1.29 is 17.9 Å². The molecule has 34 heavy (non-hydrogen) atoms. The van der Waals surface area contributed by atoms with Crippen LogP contribution in [0.3, 0.4) is 0 Å². The SMILES string of the molecule is C[C@@H]1CN(C(=O)c2cc3c(ccc4cnc(Nc5cccc(S(C)(=O)=O)c5)nc43)s2)C[C@H](C)O1. The van der Waals surface area contributed by atoms with Gasteiger partial charge in [-0.1, -0.05) is 6.07 Å². The van der Waals surface area contributed by atoms with Gasteiger partial charge in [-0.05, 0) is 50.2 Å². The summed E-state index contributed by atoms with van der Waals surface area (Å²) >= 11 is 1.45. The van der Waals surface area contributed by atoms with Crippen molar-refractivity contribution in [1.82, 2.24) is 14.9 Å². The molecule has 10 heteroatoms. The summed E-state index contributed by atoms with van der Waals surface area (Å²) in [6.45, 7) is 5.10. The molecule has 2 atom stereocenters. The van der Waals surface area contributed by atoms with Crippen molar-refractivity contribution in [2.24, 2.45) is 0 Å². The van der Waals surface area contributed by atoms with Crippen LogP contribution < -0.4 is 5.32 Å². The second-order valence-corrected chi connectivity index (χ2v) is 11.7. The Bertz CT molecular complexity index is 1510. The van der Waals surface area contributed by atoms with E-state index in [4.69, 9.17) is 4.74 Å². The number of rotatable bonds is 4. The number of ether oxygens (including phenoxy) is 1. The van der Waals surface area contributed by atoms with Gasteiger partial charge in [0.1, 0.15) is 0 Å². The molecule has 0 aliphatic carbocycles. The molecule has 1 amide bonds. The Morgan fingerprint density at radius 2 is 1.91 bits per heavy atom. The Morgan fingerprint density at radius 1 is 1.15 bits per heavy atom. The largest absolute Gasteiger partial charge is 0.372 e. The van der Waals surface area contributed by atoms with E-state index in [9.17, 15) is 13.2 Å². The van der Waals surface area contributed by atoms with Crippen molar-refractivity contribution in [3.8, 4) is 0 Å². The third-order valence-corrected chi connectivity index (χ3v) is 7.88. The number of carbonyl (C=O) groups is 1. The molecule has 0 unspecified atom stereocenters. The number of thiophene rings is 1. The highest BCUT2D eigenvalue weighted by molar-refractivity contribution is 7.90. The lowest BCUT2D eigenvalue weighted by Crippen LogP contribution is -2.48. The summed E-state index contributed by atoms with van der Waals surface area (Å²) in [5.41, 5.74) is 1.31. The average molecular weight is 497 g/mol. The maximum atomic E-state index is 13.2. The van der Waals surface area contributed by atoms with Gasteiger partial charge >= 0.3 is 0 Å². The van der Waals surface area contributed by atoms with E-state index < -0.39 is 9.84 Å². The minimum Gasteiger partial charge on any atom is -0.372 e. The molecule has 2 aromatic carbocycles. The number of nitrogens with one attached hydrogen (secondary N) is 1. The first-order valence-electron chi connectivity index (χ1n) is 10.9. The van der Waals surface area contributed by atoms with Crippen LogP contribution >= 0.6 is 11.3 Å². The fourth-order valence-electron chi connectivity index (χ4n) is 4.21. The van der Waals surface area contributed by atoms with E-state index in [-0.39, 0.29) is 23.0 Å². The predicted octanol–water partition coefficient (Wildman–Crippen LogP) is 4.24. The van der Waals surface area contributed by atoms with Crippen LogP contribution in [-0.4, -0.2) is 60.7 Å². The van der Waals surface area contributed by atoms with Crippen molar-refractivity contribution in [3.05, 3.63) is 53.5 Å². The summed E-state index contributed by atoms with van der Waals surface area (Å²) in [5.74, 6) is 0.349. The Hall–Kier alpha value is -3.08. The number of hydrogen-bond acceptors (Lipinski definition) is 8. The minimum atomic E-state index is -3.33. The van der Waals surface area contributed by atoms with E-state index in [1.807, 2.05) is 36.9 Å². The Morgan fingerprint density at radius 3 is 2.65 bits per heavy atom. The average Bonchev–Trinajstić information content (AvgIpc) is 3.22. The molecule has 3 heterocycles. The van der Waals surface area contributed by atoms with Crippen molar-refractivity contribution in [1.29, 1.82) is 0 Å². The van der Waals surface area contributed by atoms with Crippen LogP contribution in [0.1, 0.15) is 23.5 Å². The van der Waals surface area contributed by atoms with Gasteiger partial charge in [-0.3, -0.25) is 4.79 Å². The van der Waals surface area contributed by atoms with E-state index in [2.05, 4.69) is 15.3 Å². The molecule has 5 rings (SSSR count). The van der Waals surface area contributed by atoms with Gasteiger partial charge in [0.2, 0.25) is 5.95 Å². The molecule has 0 radical (unpaired) electrons. The standard InChI is InChI=1S/C24H24N4O4S2/c1-14-12-28(13-15(2)32-14)23(29)21-10-19-20(33-21)8-7-16-11-25-24(27-22(16)19)26-17-5-4-6-18(9-17)34(3,30)31/h4-11,14-15H,12-13H2,1-3H3,(H,25,26,27)/t14-,15+. The summed E-state index contributed by atoms with van der Waals surface area (Å²) in [6, 6.07) is 12.3. The number of fused-ring (bicyclic) bond motifs is 3. The molecule has 1 N–H and O–H groups in total. The summed E-state index contributed by atoms with van der Waals surface area (Å²) in [6.07, 6.45) is 2.90. The minimum absolute atomic E-state index is 0.00124. The highest BCUT2D eigenvalue weighted by Gasteiger charge is 2.27. The van der Waals surface area contributed by atoms with E-state index in [0.29, 0.717) is 29.6 Å². The maximum Gasteiger partial charge on any atom is 0.264 e. The van der Waals surface area contributed by atoms with Gasteiger partial charge in [0.05, 0.1) is 27.5 Å². The molecular formula is C24H24N4O4S2. The monoisotopic (exact) mass is 496 g/mol. The normalized spacial score (nSPS) is 19.0. The Labute approximate surface area is 201 Å². The van der Waals surface area contributed by atoms with Crippen LogP contribution in [0, 0.1) is 0 Å². The second kappa shape index (κ2) is 8.61. The lowest BCUT2D eigenvalue weighted by Gasteiger charge is -2.35. The first-order valence-corrected chi connectivity index (χ1v) is 13.6. The molecule has 0 saturated carbocycles. The van der Waals surface area contributed by atoms with Gasteiger partial charge in [-0.25, -0.2) is 18.4 Å². The van der Waals surface area contributed by atoms with Crippen LogP contribution in [0.25, 0.3) is 21.0 Å². The van der Waals surface area contributed by atoms with Crippen LogP contribution in [0.5, 0.6) is 0 Å². The Balaban J connectivity index is 1.49. The van der Waals surface area contributed by atoms with Crippen LogP contribution in [0.15, 0.2) is 53.6 Å². The molecule has 8 nitrogen and oxygen atoms in total. The number of sulfone groups is 1. The molecule has 0 spiro atoms.